The summed E-state index contributed by atoms with van der Waals surface area (Å²) in [4.78, 5) is 5.30. The number of para-hydroxylation sites is 2. The molecule has 0 radical (unpaired) electrons. The van der Waals surface area contributed by atoms with Crippen LogP contribution in [0.3, 0.4) is 0 Å². The topological polar surface area (TPSA) is 24.6 Å². The van der Waals surface area contributed by atoms with Crippen molar-refractivity contribution in [2.45, 2.75) is 113 Å². The third kappa shape index (κ3) is 7.63. The molecule has 2 aromatic heterocycles. The molecule has 76 heavy (non-hydrogen) atoms. The number of anilines is 6. The van der Waals surface area contributed by atoms with Gasteiger partial charge in [0.15, 0.2) is 0 Å². The van der Waals surface area contributed by atoms with Gasteiger partial charge in [-0.15, -0.1) is 0 Å². The summed E-state index contributed by atoms with van der Waals surface area (Å²) in [5.74, 6) is 0. The first-order valence-electron chi connectivity index (χ1n) is 27.3. The molecule has 0 atom stereocenters. The Balaban J connectivity index is 1.21. The highest BCUT2D eigenvalue weighted by molar-refractivity contribution is 7.00. The summed E-state index contributed by atoms with van der Waals surface area (Å²) in [7, 11) is 0. The second-order valence-corrected chi connectivity index (χ2v) is 24.9. The Morgan fingerprint density at radius 1 is 0.487 bits per heavy atom. The first-order valence-corrected chi connectivity index (χ1v) is 27.3. The van der Waals surface area contributed by atoms with E-state index in [0.29, 0.717) is 0 Å². The van der Waals surface area contributed by atoms with Crippen LogP contribution in [0, 0.1) is 27.7 Å². The zero-order valence-electron chi connectivity index (χ0n) is 47.0. The third-order valence-electron chi connectivity index (χ3n) is 16.5. The maximum atomic E-state index is 6.46. The minimum atomic E-state index is -0.176. The number of aryl methyl sites for hydroxylation is 4. The van der Waals surface area contributed by atoms with Gasteiger partial charge in [-0.1, -0.05) is 154 Å². The van der Waals surface area contributed by atoms with Crippen molar-refractivity contribution in [2.75, 3.05) is 9.80 Å². The molecule has 12 rings (SSSR count). The van der Waals surface area contributed by atoms with Crippen LogP contribution < -0.4 is 26.2 Å². The van der Waals surface area contributed by atoms with Crippen LogP contribution in [-0.4, -0.2) is 11.3 Å². The van der Waals surface area contributed by atoms with Crippen LogP contribution in [0.15, 0.2) is 157 Å². The van der Waals surface area contributed by atoms with Gasteiger partial charge < -0.3 is 18.8 Å². The molecular weight excluding hydrogens is 922 g/mol. The smallest absolute Gasteiger partial charge is 0.252 e. The molecule has 0 amide bonds. The molecule has 0 unspecified atom stereocenters. The Bertz CT molecular complexity index is 4040. The predicted octanol–water partition coefficient (Wildman–Crippen LogP) is 18.1. The van der Waals surface area contributed by atoms with Crippen molar-refractivity contribution in [3.05, 3.63) is 202 Å². The number of nitrogens with zero attached hydrogens (tertiary/aromatic N) is 3. The monoisotopic (exact) mass is 992 g/mol. The van der Waals surface area contributed by atoms with Gasteiger partial charge in [-0.2, -0.15) is 0 Å². The average molecular weight is 992 g/mol. The number of rotatable bonds is 6. The molecule has 378 valence electrons. The molecule has 0 saturated carbocycles. The molecule has 0 aliphatic carbocycles. The van der Waals surface area contributed by atoms with Crippen molar-refractivity contribution in [1.29, 1.82) is 0 Å². The van der Waals surface area contributed by atoms with Gasteiger partial charge in [0.25, 0.3) is 6.71 Å². The van der Waals surface area contributed by atoms with E-state index >= 15 is 0 Å². The summed E-state index contributed by atoms with van der Waals surface area (Å²) in [6.07, 6.45) is 6.48. The fourth-order valence-electron chi connectivity index (χ4n) is 12.7. The normalized spacial score (nSPS) is 13.6. The van der Waals surface area contributed by atoms with Gasteiger partial charge >= 0.3 is 0 Å². The maximum Gasteiger partial charge on any atom is 0.252 e. The van der Waals surface area contributed by atoms with Crippen LogP contribution in [0.4, 0.5) is 34.1 Å². The minimum absolute atomic E-state index is 0.00358. The molecule has 4 heterocycles. The van der Waals surface area contributed by atoms with Crippen LogP contribution in [0.1, 0.15) is 119 Å². The lowest BCUT2D eigenvalue weighted by atomic mass is 9.33. The van der Waals surface area contributed by atoms with Gasteiger partial charge in [-0.05, 0) is 190 Å². The summed E-state index contributed by atoms with van der Waals surface area (Å²) in [5.41, 5.74) is 28.5. The van der Waals surface area contributed by atoms with Crippen molar-refractivity contribution in [2.24, 2.45) is 0 Å². The lowest BCUT2D eigenvalue weighted by Crippen LogP contribution is -2.61. The van der Waals surface area contributed by atoms with Crippen molar-refractivity contribution in [3.63, 3.8) is 0 Å². The summed E-state index contributed by atoms with van der Waals surface area (Å²) in [6, 6.07) is 53.0. The van der Waals surface area contributed by atoms with E-state index in [9.17, 15) is 0 Å². The number of hydrogen-bond donors (Lipinski definition) is 0. The predicted molar refractivity (Wildman–Crippen MR) is 330 cm³/mol. The number of furan rings is 1. The Hall–Kier alpha value is -7.76. The fourth-order valence-corrected chi connectivity index (χ4v) is 12.7. The highest BCUT2D eigenvalue weighted by Gasteiger charge is 2.46. The number of allylic oxidation sites excluding steroid dienone is 1. The minimum Gasteiger partial charge on any atom is -0.456 e. The van der Waals surface area contributed by atoms with Crippen LogP contribution in [0.2, 0.25) is 0 Å². The van der Waals surface area contributed by atoms with E-state index in [4.69, 9.17) is 4.42 Å². The summed E-state index contributed by atoms with van der Waals surface area (Å²) in [5, 5.41) is 3.48. The van der Waals surface area contributed by atoms with E-state index < -0.39 is 0 Å². The Morgan fingerprint density at radius 3 is 1.67 bits per heavy atom. The highest BCUT2D eigenvalue weighted by Crippen LogP contribution is 2.51. The summed E-state index contributed by atoms with van der Waals surface area (Å²) < 4.78 is 8.88. The number of fused-ring (bicyclic) bond motifs is 8. The molecular formula is C71H70BN3O. The Morgan fingerprint density at radius 2 is 1.05 bits per heavy atom. The lowest BCUT2D eigenvalue weighted by Gasteiger charge is -2.46. The van der Waals surface area contributed by atoms with Crippen LogP contribution >= 0.6 is 0 Å². The van der Waals surface area contributed by atoms with Gasteiger partial charge in [-0.3, -0.25) is 0 Å². The molecule has 0 N–H and O–H groups in total. The third-order valence-corrected chi connectivity index (χ3v) is 16.5. The lowest BCUT2D eigenvalue weighted by molar-refractivity contribution is 0.589. The van der Waals surface area contributed by atoms with E-state index in [2.05, 4.69) is 263 Å². The van der Waals surface area contributed by atoms with Crippen molar-refractivity contribution < 1.29 is 4.42 Å². The van der Waals surface area contributed by atoms with Crippen molar-refractivity contribution in [3.8, 4) is 16.8 Å². The zero-order valence-corrected chi connectivity index (χ0v) is 47.0. The molecule has 2 aliphatic heterocycles. The zero-order chi connectivity index (χ0) is 53.5. The number of benzene rings is 8. The van der Waals surface area contributed by atoms with Gasteiger partial charge in [-0.25, -0.2) is 0 Å². The summed E-state index contributed by atoms with van der Waals surface area (Å²) in [6.45, 7) is 36.9. The van der Waals surface area contributed by atoms with Gasteiger partial charge in [0.1, 0.15) is 11.2 Å². The average Bonchev–Trinajstić information content (AvgIpc) is 3.90. The Labute approximate surface area is 451 Å². The van der Waals surface area contributed by atoms with Gasteiger partial charge in [0.2, 0.25) is 0 Å². The SMILES string of the molecule is C=Cc1c(/C=C\C)c2cc3c(cc2n1-c1ccccc1)N(c1c(C)cc(-c2ccc4c(c2)oc2ccccc24)cc1C)c1cc(C(C)(C)C)cc2c1B3c1cc(C(C)(C)C)ccc1N2c1c(C)cc(C(C)(C)C)cc1C. The Kier molecular flexibility index (Phi) is 11.2. The number of aromatic nitrogens is 1. The molecule has 0 spiro atoms. The molecule has 4 nitrogen and oxygen atoms in total. The molecule has 10 aromatic rings. The van der Waals surface area contributed by atoms with E-state index in [1.54, 1.807) is 0 Å². The van der Waals surface area contributed by atoms with Gasteiger partial charge in [0.05, 0.1) is 22.6 Å². The molecule has 2 aliphatic rings. The van der Waals surface area contributed by atoms with E-state index in [0.717, 1.165) is 44.4 Å². The molecule has 0 saturated heterocycles. The second-order valence-electron chi connectivity index (χ2n) is 24.9. The van der Waals surface area contributed by atoms with Crippen LogP contribution in [0.25, 0.3) is 61.8 Å². The van der Waals surface area contributed by atoms with Crippen molar-refractivity contribution in [1.82, 2.24) is 4.57 Å². The molecule has 5 heteroatoms. The van der Waals surface area contributed by atoms with Crippen LogP contribution in [0.5, 0.6) is 0 Å². The maximum absolute atomic E-state index is 6.46. The van der Waals surface area contributed by atoms with E-state index in [1.165, 1.54) is 106 Å². The molecule has 0 bridgehead atoms. The first-order chi connectivity index (χ1) is 36.2. The molecule has 8 aromatic carbocycles. The first kappa shape index (κ1) is 49.1. The summed E-state index contributed by atoms with van der Waals surface area (Å²) >= 11 is 0. The fraction of sp³-hybridized carbons (Fsp3) is 0.239. The van der Waals surface area contributed by atoms with Crippen LogP contribution in [-0.2, 0) is 16.2 Å². The number of hydrogen-bond acceptors (Lipinski definition) is 3. The standard InChI is InChI=1S/C71H70BN3O/c1-16-23-52-55-40-57-61(41-60(55)73(58(52)17-2)51-24-19-18-20-25-51)75(67-42(3)32-47(33-43(67)4)46-28-30-54-53-26-21-22-27-64(53)76-65(54)36-46)63-39-50(71(13,14)15)38-62-66(63)72(57)56-37-48(69(7,8)9)29-31-59(56)74(62)68-44(5)34-49(35-45(68)6)70(10,11)12/h16-41H,2H2,1,3-15H3/b23-16-. The van der Waals surface area contributed by atoms with Crippen molar-refractivity contribution >= 4 is 102 Å². The quantitative estimate of drug-likeness (QED) is 0.155. The largest absolute Gasteiger partial charge is 0.456 e. The highest BCUT2D eigenvalue weighted by atomic mass is 16.3. The van der Waals surface area contributed by atoms with E-state index in [1.807, 2.05) is 12.1 Å². The van der Waals surface area contributed by atoms with Gasteiger partial charge in [0, 0.05) is 50.2 Å². The van der Waals surface area contributed by atoms with E-state index in [-0.39, 0.29) is 23.0 Å². The molecule has 0 fully saturated rings. The second kappa shape index (κ2) is 17.4.